The summed E-state index contributed by atoms with van der Waals surface area (Å²) < 4.78 is 0. The first-order valence-corrected chi connectivity index (χ1v) is 31.8. The molecule has 4 aromatic carbocycles. The molecule has 10 aliphatic rings. The molecule has 21 heteroatoms. The maximum absolute atomic E-state index is 14.9. The first-order chi connectivity index (χ1) is 44.9. The zero-order valence-electron chi connectivity index (χ0n) is 50.7. The van der Waals surface area contributed by atoms with Crippen LogP contribution in [0.1, 0.15) is 99.8 Å². The molecule has 4 atom stereocenters. The number of hydrogen-bond acceptors (Lipinski definition) is 10. The summed E-state index contributed by atoms with van der Waals surface area (Å²) >= 11 is 0. The predicted molar refractivity (Wildman–Crippen MR) is 350 cm³/mol. The van der Waals surface area contributed by atoms with Crippen LogP contribution in [0.2, 0.25) is 0 Å². The molecule has 0 spiro atoms. The van der Waals surface area contributed by atoms with E-state index in [9.17, 15) is 38.4 Å². The Morgan fingerprint density at radius 2 is 0.548 bits per heavy atom. The smallest absolute Gasteiger partial charge is 0.657 e. The molecule has 468 valence electrons. The third-order valence-electron chi connectivity index (χ3n) is 19.0. The molecule has 93 heavy (non-hydrogen) atoms. The molecule has 3 aromatic heterocycles. The molecule has 0 radical (unpaired) electrons. The minimum absolute atomic E-state index is 0. The number of nitrogens with one attached hydrogen (secondary N) is 4. The van der Waals surface area contributed by atoms with Gasteiger partial charge in [0.25, 0.3) is 0 Å². The SMILES string of the molecule is O=C1Nc2ccccc2-c2c3nc(c4c5ccc([n-]5)c(c5nc(c(c6ccc2[n-]6)-c2ccccc2NC(=O)[C@@H]2CCCN2C(=O)CCC(=O)N2CCC[C@H]2C(=O)Nc2ccccc2-4)C=C5)-c2ccccc2NC(=O)[C@@H]2CCCN2C(=O)CCC(=O)N2CCC[C@@H]12)C=C3.[Fe+2]. The van der Waals surface area contributed by atoms with E-state index in [1.54, 1.807) is 43.9 Å². The predicted octanol–water partition coefficient (Wildman–Crippen LogP) is 9.88. The van der Waals surface area contributed by atoms with E-state index in [4.69, 9.17) is 19.9 Å². The van der Waals surface area contributed by atoms with Gasteiger partial charge in [0.1, 0.15) is 24.2 Å². The first-order valence-electron chi connectivity index (χ1n) is 31.8. The van der Waals surface area contributed by atoms with E-state index in [1.807, 2.05) is 121 Å². The molecule has 4 fully saturated rings. The van der Waals surface area contributed by atoms with Crippen molar-refractivity contribution >= 4 is 116 Å². The van der Waals surface area contributed by atoms with E-state index in [0.717, 1.165) is 0 Å². The third kappa shape index (κ3) is 11.2. The van der Waals surface area contributed by atoms with Gasteiger partial charge < -0.3 is 50.8 Å². The number of para-hydroxylation sites is 4. The first kappa shape index (κ1) is 60.3. The van der Waals surface area contributed by atoms with Gasteiger partial charge in [0, 0.05) is 96.9 Å². The number of benzene rings is 4. The Balaban J connectivity index is 0.00000749. The van der Waals surface area contributed by atoms with Crippen molar-refractivity contribution in [2.75, 3.05) is 47.4 Å². The molecule has 0 unspecified atom stereocenters. The molecule has 17 rings (SSSR count). The molecule has 4 saturated heterocycles. The summed E-state index contributed by atoms with van der Waals surface area (Å²) in [6.45, 7) is 1.30. The van der Waals surface area contributed by atoms with Crippen molar-refractivity contribution in [1.29, 1.82) is 0 Å². The number of amides is 8. The van der Waals surface area contributed by atoms with Crippen LogP contribution in [0.3, 0.4) is 0 Å². The van der Waals surface area contributed by atoms with Gasteiger partial charge in [0.15, 0.2) is 0 Å². The van der Waals surface area contributed by atoms with Crippen LogP contribution in [0.25, 0.3) is 90.9 Å². The molecule has 0 aliphatic carbocycles. The quantitative estimate of drug-likeness (QED) is 0.104. The number of anilines is 4. The van der Waals surface area contributed by atoms with Crippen molar-refractivity contribution in [2.45, 2.75) is 101 Å². The number of carbonyl (C=O) groups is 8. The summed E-state index contributed by atoms with van der Waals surface area (Å²) in [6.07, 6.45) is 10.8. The van der Waals surface area contributed by atoms with Crippen molar-refractivity contribution < 1.29 is 55.4 Å². The van der Waals surface area contributed by atoms with Crippen LogP contribution >= 0.6 is 0 Å². The second kappa shape index (κ2) is 25.1. The van der Waals surface area contributed by atoms with Crippen molar-refractivity contribution in [3.05, 3.63) is 144 Å². The summed E-state index contributed by atoms with van der Waals surface area (Å²) in [5.74, 6) is -2.99. The average Bonchev–Trinajstić information content (AvgIpc) is 1.48. The number of nitrogens with zero attached hydrogens (tertiary/aromatic N) is 8. The Hall–Kier alpha value is -10.2. The van der Waals surface area contributed by atoms with Crippen molar-refractivity contribution in [1.82, 2.24) is 39.5 Å². The number of carbonyl (C=O) groups excluding carboxylic acids is 8. The van der Waals surface area contributed by atoms with Gasteiger partial charge in [-0.1, -0.05) is 97.1 Å². The second-order valence-electron chi connectivity index (χ2n) is 24.5. The molecule has 10 aliphatic heterocycles. The number of aromatic nitrogens is 4. The van der Waals surface area contributed by atoms with Crippen molar-refractivity contribution in [2.24, 2.45) is 0 Å². The average molecular weight is 1280 g/mol. The Morgan fingerprint density at radius 3 is 0.785 bits per heavy atom. The Morgan fingerprint density at radius 1 is 0.323 bits per heavy atom. The summed E-state index contributed by atoms with van der Waals surface area (Å²) in [5.41, 5.74) is 9.65. The van der Waals surface area contributed by atoms with Crippen LogP contribution in [0.5, 0.6) is 0 Å². The van der Waals surface area contributed by atoms with Crippen LogP contribution in [-0.2, 0) is 55.4 Å². The van der Waals surface area contributed by atoms with Crippen LogP contribution < -0.4 is 31.2 Å². The van der Waals surface area contributed by atoms with Gasteiger partial charge >= 0.3 is 17.1 Å². The zero-order chi connectivity index (χ0) is 62.7. The Labute approximate surface area is 545 Å². The summed E-state index contributed by atoms with van der Waals surface area (Å²) in [6, 6.07) is 33.6. The molecule has 12 bridgehead atoms. The van der Waals surface area contributed by atoms with Crippen molar-refractivity contribution in [3.63, 3.8) is 0 Å². The standard InChI is InChI=1S/C72H66N12O8.Fe/c85-61-33-34-62(86)82-38-12-24-60(82)72(92)80-48-20-8-4-16-44(48)68-55-31-29-53(75-55)66-42-14-2-6-18-46(42)78-70(90)58-22-10-39-83(58)63(87)35-36-64(88)84-40-11-23-59(84)71(91)79-47-19-7-3-15-43(47)67(54-30-32-56(68)76-54)52-28-26-50(74-52)65(49-25-27-51(66)73-49)41-13-1-5-17-45(41)77-69(89)57-21-9-37-81(57)61;/h1-8,13-20,25-32,57-60H,9-12,21-24,33-40H2,(H6,73,74,75,76,77,78,79,80,89,90,91,92);/q;+2/p-2/t57-,58-,59-,60-;/m0./s1. The molecule has 8 amide bonds. The fourth-order valence-electron chi connectivity index (χ4n) is 14.6. The minimum Gasteiger partial charge on any atom is -0.657 e. The summed E-state index contributed by atoms with van der Waals surface area (Å²) in [5, 5.41) is 12.8. The third-order valence-corrected chi connectivity index (χ3v) is 19.0. The van der Waals surface area contributed by atoms with E-state index >= 15 is 0 Å². The van der Waals surface area contributed by atoms with Gasteiger partial charge in [-0.2, -0.15) is 0 Å². The van der Waals surface area contributed by atoms with E-state index < -0.39 is 47.8 Å². The van der Waals surface area contributed by atoms with E-state index in [1.165, 1.54) is 0 Å². The molecular weight excluding hydrogens is 1220 g/mol. The topological polar surface area (TPSA) is 252 Å². The minimum atomic E-state index is -0.849. The molecule has 20 nitrogen and oxygen atoms in total. The van der Waals surface area contributed by atoms with Gasteiger partial charge in [-0.05, 0) is 122 Å². The second-order valence-corrected chi connectivity index (χ2v) is 24.5. The summed E-state index contributed by atoms with van der Waals surface area (Å²) in [4.78, 5) is 145. The van der Waals surface area contributed by atoms with Gasteiger partial charge in [0.2, 0.25) is 47.3 Å². The Bertz CT molecular complexity index is 3990. The van der Waals surface area contributed by atoms with Crippen LogP contribution in [0.4, 0.5) is 22.7 Å². The van der Waals surface area contributed by atoms with Gasteiger partial charge in [0.05, 0.1) is 22.8 Å². The zero-order valence-corrected chi connectivity index (χ0v) is 51.8. The summed E-state index contributed by atoms with van der Waals surface area (Å²) in [7, 11) is 0. The van der Waals surface area contributed by atoms with Crippen LogP contribution in [-0.4, -0.2) is 127 Å². The van der Waals surface area contributed by atoms with Gasteiger partial charge in [-0.25, -0.2) is 9.97 Å². The van der Waals surface area contributed by atoms with Gasteiger partial charge in [-0.3, -0.25) is 38.4 Å². The molecule has 13 heterocycles. The molecule has 0 saturated carbocycles. The largest absolute Gasteiger partial charge is 2.00 e. The molecule has 7 aromatic rings. The van der Waals surface area contributed by atoms with Crippen molar-refractivity contribution in [3.8, 4) is 44.5 Å². The molecule has 4 N–H and O–H groups in total. The number of hydrogen-bond donors (Lipinski definition) is 4. The van der Waals surface area contributed by atoms with E-state index in [2.05, 4.69) is 21.3 Å². The maximum Gasteiger partial charge on any atom is 2.00 e. The van der Waals surface area contributed by atoms with E-state index in [-0.39, 0.29) is 66.4 Å². The molecular formula is C72H64FeN12O8. The monoisotopic (exact) mass is 1280 g/mol. The van der Waals surface area contributed by atoms with Gasteiger partial charge in [-0.15, -0.1) is 22.1 Å². The van der Waals surface area contributed by atoms with Crippen LogP contribution in [0, 0.1) is 0 Å². The van der Waals surface area contributed by atoms with E-state index in [0.29, 0.717) is 190 Å². The van der Waals surface area contributed by atoms with Crippen LogP contribution in [0.15, 0.2) is 121 Å². The Kier molecular flexibility index (Phi) is 16.3. The maximum atomic E-state index is 14.9. The number of fused-ring (bicyclic) bond motifs is 10. The normalized spacial score (nSPS) is 20.9. The fraction of sp³-hybridized carbons (Fsp3) is 0.278. The number of rotatable bonds is 0. The fourth-order valence-corrected chi connectivity index (χ4v) is 14.6.